The van der Waals surface area contributed by atoms with Crippen molar-refractivity contribution in [2.24, 2.45) is 5.41 Å². The number of aryl methyl sites for hydroxylation is 1. The SMILES string of the molecule is Cc1nsc(NC(=O)C2(C)CCNCC2)c1C(=O)O. The van der Waals surface area contributed by atoms with Crippen LogP contribution >= 0.6 is 11.5 Å². The number of piperidine rings is 1. The first-order valence-electron chi connectivity index (χ1n) is 6.16. The molecule has 1 aliphatic heterocycles. The highest BCUT2D eigenvalue weighted by atomic mass is 32.1. The third-order valence-electron chi connectivity index (χ3n) is 3.56. The monoisotopic (exact) mass is 283 g/mol. The topological polar surface area (TPSA) is 91.3 Å². The number of aromatic nitrogens is 1. The molecule has 0 saturated carbocycles. The number of hydrogen-bond donors (Lipinski definition) is 3. The predicted octanol–water partition coefficient (Wildman–Crippen LogP) is 1.48. The van der Waals surface area contributed by atoms with E-state index >= 15 is 0 Å². The molecule has 3 N–H and O–H groups in total. The maximum atomic E-state index is 12.3. The van der Waals surface area contributed by atoms with Gasteiger partial charge < -0.3 is 15.7 Å². The van der Waals surface area contributed by atoms with E-state index in [1.165, 1.54) is 0 Å². The summed E-state index contributed by atoms with van der Waals surface area (Å²) in [7, 11) is 0. The number of carbonyl (C=O) groups is 2. The molecule has 1 fully saturated rings. The Bertz CT molecular complexity index is 506. The van der Waals surface area contributed by atoms with Gasteiger partial charge in [0.2, 0.25) is 5.91 Å². The summed E-state index contributed by atoms with van der Waals surface area (Å²) in [6, 6.07) is 0. The number of carbonyl (C=O) groups excluding carboxylic acids is 1. The minimum atomic E-state index is -1.06. The number of anilines is 1. The normalized spacial score (nSPS) is 18.0. The lowest BCUT2D eigenvalue weighted by atomic mass is 9.80. The van der Waals surface area contributed by atoms with E-state index < -0.39 is 11.4 Å². The fraction of sp³-hybridized carbons (Fsp3) is 0.583. The van der Waals surface area contributed by atoms with Crippen LogP contribution < -0.4 is 10.6 Å². The molecule has 1 aliphatic rings. The lowest BCUT2D eigenvalue weighted by Crippen LogP contribution is -2.42. The highest BCUT2D eigenvalue weighted by Gasteiger charge is 2.35. The second kappa shape index (κ2) is 5.26. The Kier molecular flexibility index (Phi) is 3.86. The molecule has 0 bridgehead atoms. The van der Waals surface area contributed by atoms with Gasteiger partial charge in [0.1, 0.15) is 10.6 Å². The maximum absolute atomic E-state index is 12.3. The molecular weight excluding hydrogens is 266 g/mol. The number of amides is 1. The summed E-state index contributed by atoms with van der Waals surface area (Å²) in [6.45, 7) is 5.15. The molecule has 1 aromatic rings. The zero-order valence-corrected chi connectivity index (χ0v) is 11.8. The lowest BCUT2D eigenvalue weighted by Gasteiger charge is -2.32. The summed E-state index contributed by atoms with van der Waals surface area (Å²) in [5.41, 5.74) is 0.0815. The number of rotatable bonds is 3. The summed E-state index contributed by atoms with van der Waals surface area (Å²) in [5.74, 6) is -1.18. The minimum Gasteiger partial charge on any atom is -0.478 e. The van der Waals surface area contributed by atoms with Crippen molar-refractivity contribution in [3.63, 3.8) is 0 Å². The molecule has 2 heterocycles. The van der Waals surface area contributed by atoms with Crippen LogP contribution in [0.1, 0.15) is 35.8 Å². The molecule has 1 aromatic heterocycles. The summed E-state index contributed by atoms with van der Waals surface area (Å²) >= 11 is 1.02. The van der Waals surface area contributed by atoms with E-state index in [0.29, 0.717) is 10.7 Å². The van der Waals surface area contributed by atoms with Crippen LogP contribution in [0.3, 0.4) is 0 Å². The minimum absolute atomic E-state index is 0.0934. The van der Waals surface area contributed by atoms with Gasteiger partial charge >= 0.3 is 5.97 Å². The molecule has 2 rings (SSSR count). The summed E-state index contributed by atoms with van der Waals surface area (Å²) in [5, 5.41) is 15.4. The Hall–Kier alpha value is -1.47. The van der Waals surface area contributed by atoms with E-state index in [9.17, 15) is 9.59 Å². The first-order valence-corrected chi connectivity index (χ1v) is 6.93. The standard InChI is InChI=1S/C12H17N3O3S/c1-7-8(10(16)17)9(19-15-7)14-11(18)12(2)3-5-13-6-4-12/h13H,3-6H2,1-2H3,(H,14,18)(H,16,17). The molecule has 0 atom stereocenters. The van der Waals surface area contributed by atoms with E-state index in [1.54, 1.807) is 6.92 Å². The van der Waals surface area contributed by atoms with Gasteiger partial charge in [-0.1, -0.05) is 6.92 Å². The lowest BCUT2D eigenvalue weighted by molar-refractivity contribution is -0.126. The average molecular weight is 283 g/mol. The summed E-state index contributed by atoms with van der Waals surface area (Å²) < 4.78 is 3.99. The highest BCUT2D eigenvalue weighted by molar-refractivity contribution is 7.11. The molecule has 1 amide bonds. The summed E-state index contributed by atoms with van der Waals surface area (Å²) in [4.78, 5) is 23.5. The van der Waals surface area contributed by atoms with Crippen LogP contribution in [0.2, 0.25) is 0 Å². The van der Waals surface area contributed by atoms with Crippen LogP contribution in [0.4, 0.5) is 5.00 Å². The number of nitrogens with one attached hydrogen (secondary N) is 2. The van der Waals surface area contributed by atoms with Gasteiger partial charge in [-0.15, -0.1) is 0 Å². The first-order chi connectivity index (χ1) is 8.94. The zero-order valence-electron chi connectivity index (χ0n) is 10.9. The largest absolute Gasteiger partial charge is 0.478 e. The molecule has 104 valence electrons. The molecule has 1 saturated heterocycles. The second-order valence-corrected chi connectivity index (χ2v) is 5.82. The molecule has 19 heavy (non-hydrogen) atoms. The quantitative estimate of drug-likeness (QED) is 0.781. The van der Waals surface area contributed by atoms with Gasteiger partial charge in [0, 0.05) is 5.41 Å². The van der Waals surface area contributed by atoms with Crippen LogP contribution in [0.25, 0.3) is 0 Å². The van der Waals surface area contributed by atoms with Crippen LogP contribution in [-0.4, -0.2) is 34.4 Å². The van der Waals surface area contributed by atoms with Crippen molar-refractivity contribution < 1.29 is 14.7 Å². The Morgan fingerprint density at radius 3 is 2.63 bits per heavy atom. The van der Waals surface area contributed by atoms with E-state index in [1.807, 2.05) is 6.92 Å². The number of carboxylic acids is 1. The predicted molar refractivity (Wildman–Crippen MR) is 72.7 cm³/mol. The van der Waals surface area contributed by atoms with Crippen LogP contribution in [0, 0.1) is 12.3 Å². The van der Waals surface area contributed by atoms with Crippen LogP contribution in [0.5, 0.6) is 0 Å². The average Bonchev–Trinajstić information content (AvgIpc) is 2.71. The zero-order chi connectivity index (χ0) is 14.0. The fourth-order valence-corrected chi connectivity index (χ4v) is 2.95. The number of hydrogen-bond acceptors (Lipinski definition) is 5. The van der Waals surface area contributed by atoms with E-state index in [4.69, 9.17) is 5.11 Å². The molecule has 7 heteroatoms. The third-order valence-corrected chi connectivity index (χ3v) is 4.41. The number of carboxylic acid groups (broad SMARTS) is 1. The fourth-order valence-electron chi connectivity index (χ4n) is 2.17. The molecule has 0 spiro atoms. The smallest absolute Gasteiger partial charge is 0.340 e. The number of nitrogens with zero attached hydrogens (tertiary/aromatic N) is 1. The molecule has 6 nitrogen and oxygen atoms in total. The van der Waals surface area contributed by atoms with Crippen LogP contribution in [-0.2, 0) is 4.79 Å². The van der Waals surface area contributed by atoms with Gasteiger partial charge in [0.15, 0.2) is 0 Å². The van der Waals surface area contributed by atoms with Crippen molar-refractivity contribution in [2.45, 2.75) is 26.7 Å². The van der Waals surface area contributed by atoms with Crippen LogP contribution in [0.15, 0.2) is 0 Å². The van der Waals surface area contributed by atoms with Crippen molar-refractivity contribution in [1.29, 1.82) is 0 Å². The van der Waals surface area contributed by atoms with Crippen molar-refractivity contribution in [2.75, 3.05) is 18.4 Å². The van der Waals surface area contributed by atoms with Gasteiger partial charge in [0.25, 0.3) is 0 Å². The van der Waals surface area contributed by atoms with Crippen molar-refractivity contribution >= 4 is 28.4 Å². The van der Waals surface area contributed by atoms with Gasteiger partial charge in [-0.05, 0) is 44.4 Å². The Morgan fingerprint density at radius 1 is 1.42 bits per heavy atom. The maximum Gasteiger partial charge on any atom is 0.340 e. The number of aromatic carboxylic acids is 1. The van der Waals surface area contributed by atoms with Crippen molar-refractivity contribution in [3.8, 4) is 0 Å². The van der Waals surface area contributed by atoms with E-state index in [0.717, 1.165) is 37.5 Å². The van der Waals surface area contributed by atoms with Gasteiger partial charge in [-0.2, -0.15) is 4.37 Å². The third kappa shape index (κ3) is 2.76. The van der Waals surface area contributed by atoms with E-state index in [2.05, 4.69) is 15.0 Å². The van der Waals surface area contributed by atoms with Crippen molar-refractivity contribution in [3.05, 3.63) is 11.3 Å². The van der Waals surface area contributed by atoms with E-state index in [-0.39, 0.29) is 11.5 Å². The summed E-state index contributed by atoms with van der Waals surface area (Å²) in [6.07, 6.45) is 1.50. The van der Waals surface area contributed by atoms with Gasteiger partial charge in [-0.3, -0.25) is 4.79 Å². The Labute approximate surface area is 115 Å². The second-order valence-electron chi connectivity index (χ2n) is 5.04. The molecular formula is C12H17N3O3S. The molecule has 0 aromatic carbocycles. The highest BCUT2D eigenvalue weighted by Crippen LogP contribution is 2.32. The molecule has 0 unspecified atom stereocenters. The molecule has 0 aliphatic carbocycles. The Morgan fingerprint density at radius 2 is 2.05 bits per heavy atom. The molecule has 0 radical (unpaired) electrons. The Balaban J connectivity index is 2.17. The first kappa shape index (κ1) is 14.0. The van der Waals surface area contributed by atoms with Gasteiger partial charge in [-0.25, -0.2) is 4.79 Å². The van der Waals surface area contributed by atoms with Crippen molar-refractivity contribution in [1.82, 2.24) is 9.69 Å². The van der Waals surface area contributed by atoms with Gasteiger partial charge in [0.05, 0.1) is 5.69 Å².